The summed E-state index contributed by atoms with van der Waals surface area (Å²) in [7, 11) is 0. The number of piperazine rings is 1. The van der Waals surface area contributed by atoms with Gasteiger partial charge in [-0.2, -0.15) is 0 Å². The zero-order valence-corrected chi connectivity index (χ0v) is 19.7. The Balaban J connectivity index is 1.05. The van der Waals surface area contributed by atoms with Crippen molar-refractivity contribution in [2.24, 2.45) is 0 Å². The Bertz CT molecular complexity index is 1340. The van der Waals surface area contributed by atoms with Gasteiger partial charge in [0, 0.05) is 44.0 Å². The highest BCUT2D eigenvalue weighted by molar-refractivity contribution is 5.94. The number of amides is 1. The van der Waals surface area contributed by atoms with Crippen LogP contribution in [0.25, 0.3) is 0 Å². The SMILES string of the molecule is Cc1cccc(C)c1N1CCN(CCCCNC(=O)c2ccc3c(c2)=c2ccccc2=3)CC1. The van der Waals surface area contributed by atoms with Crippen LogP contribution in [0.15, 0.2) is 60.7 Å². The molecule has 170 valence electrons. The Kier molecular flexibility index (Phi) is 6.19. The van der Waals surface area contributed by atoms with E-state index in [-0.39, 0.29) is 5.91 Å². The van der Waals surface area contributed by atoms with Gasteiger partial charge < -0.3 is 10.2 Å². The zero-order chi connectivity index (χ0) is 22.8. The van der Waals surface area contributed by atoms with E-state index in [4.69, 9.17) is 0 Å². The number of hydrogen-bond donors (Lipinski definition) is 1. The van der Waals surface area contributed by atoms with Crippen LogP contribution in [0, 0.1) is 34.7 Å². The third-order valence-electron chi connectivity index (χ3n) is 7.10. The first-order valence-corrected chi connectivity index (χ1v) is 12.2. The Labute approximate surface area is 195 Å². The number of unbranched alkanes of at least 4 members (excludes halogenated alkanes) is 1. The summed E-state index contributed by atoms with van der Waals surface area (Å²) in [5.74, 6) is 0.0318. The summed E-state index contributed by atoms with van der Waals surface area (Å²) in [5, 5.41) is 8.09. The summed E-state index contributed by atoms with van der Waals surface area (Å²) < 4.78 is 0. The first-order chi connectivity index (χ1) is 16.1. The van der Waals surface area contributed by atoms with Crippen molar-refractivity contribution in [1.82, 2.24) is 10.2 Å². The highest BCUT2D eigenvalue weighted by Gasteiger charge is 2.19. The van der Waals surface area contributed by atoms with Gasteiger partial charge in [0.15, 0.2) is 0 Å². The number of carbonyl (C=O) groups excluding carboxylic acids is 1. The number of fused-ring (bicyclic) bond motifs is 2. The second-order valence-electron chi connectivity index (χ2n) is 9.34. The lowest BCUT2D eigenvalue weighted by atomic mass is 9.99. The van der Waals surface area contributed by atoms with Crippen molar-refractivity contribution in [3.05, 3.63) is 98.2 Å². The summed E-state index contributed by atoms with van der Waals surface area (Å²) in [6, 6.07) is 21.0. The Morgan fingerprint density at radius 1 is 0.788 bits per heavy atom. The normalized spacial score (nSPS) is 14.9. The zero-order valence-electron chi connectivity index (χ0n) is 19.7. The molecule has 1 fully saturated rings. The minimum atomic E-state index is 0.0318. The molecule has 1 amide bonds. The first-order valence-electron chi connectivity index (χ1n) is 12.2. The van der Waals surface area contributed by atoms with Crippen LogP contribution in [-0.4, -0.2) is 50.1 Å². The van der Waals surface area contributed by atoms with Crippen LogP contribution in [-0.2, 0) is 0 Å². The molecule has 0 unspecified atom stereocenters. The van der Waals surface area contributed by atoms with E-state index in [2.05, 4.69) is 77.5 Å². The fourth-order valence-electron chi connectivity index (χ4n) is 5.30. The third-order valence-corrected chi connectivity index (χ3v) is 7.10. The second-order valence-corrected chi connectivity index (χ2v) is 9.34. The summed E-state index contributed by atoms with van der Waals surface area (Å²) in [6.45, 7) is 10.6. The maximum Gasteiger partial charge on any atom is 0.251 e. The molecule has 0 bridgehead atoms. The molecular formula is C29H33N3O. The molecule has 4 heteroatoms. The molecule has 0 saturated carbocycles. The lowest BCUT2D eigenvalue weighted by Crippen LogP contribution is -2.47. The molecule has 1 heterocycles. The number of nitrogens with zero attached hydrogens (tertiary/aromatic N) is 2. The molecule has 2 aliphatic rings. The van der Waals surface area contributed by atoms with E-state index in [0.717, 1.165) is 57.7 Å². The Morgan fingerprint density at radius 2 is 1.45 bits per heavy atom. The Hall–Kier alpha value is -3.11. The van der Waals surface area contributed by atoms with Gasteiger partial charge in [-0.1, -0.05) is 48.5 Å². The van der Waals surface area contributed by atoms with E-state index in [0.29, 0.717) is 0 Å². The molecule has 3 aromatic carbocycles. The molecule has 0 aromatic heterocycles. The molecule has 1 aliphatic heterocycles. The van der Waals surface area contributed by atoms with Crippen molar-refractivity contribution < 1.29 is 4.79 Å². The number of rotatable bonds is 7. The average Bonchev–Trinajstić information content (AvgIpc) is 2.82. The maximum atomic E-state index is 12.6. The van der Waals surface area contributed by atoms with Crippen LogP contribution in [0.1, 0.15) is 34.3 Å². The average molecular weight is 440 g/mol. The fourth-order valence-corrected chi connectivity index (χ4v) is 5.30. The molecule has 0 spiro atoms. The van der Waals surface area contributed by atoms with Crippen LogP contribution in [0.2, 0.25) is 0 Å². The van der Waals surface area contributed by atoms with Gasteiger partial charge in [-0.3, -0.25) is 9.69 Å². The highest BCUT2D eigenvalue weighted by atomic mass is 16.1. The molecule has 4 nitrogen and oxygen atoms in total. The predicted octanol–water partition coefficient (Wildman–Crippen LogP) is 4.52. The van der Waals surface area contributed by atoms with Gasteiger partial charge in [-0.05, 0) is 77.4 Å². The highest BCUT2D eigenvalue weighted by Crippen LogP contribution is 2.25. The van der Waals surface area contributed by atoms with Crippen LogP contribution < -0.4 is 10.2 Å². The summed E-state index contributed by atoms with van der Waals surface area (Å²) in [5.41, 5.74) is 4.91. The molecule has 0 atom stereocenters. The van der Waals surface area contributed by atoms with Crippen LogP contribution in [0.3, 0.4) is 0 Å². The lowest BCUT2D eigenvalue weighted by Gasteiger charge is -2.37. The monoisotopic (exact) mass is 439 g/mol. The van der Waals surface area contributed by atoms with Crippen LogP contribution in [0.4, 0.5) is 5.69 Å². The predicted molar refractivity (Wildman–Crippen MR) is 134 cm³/mol. The summed E-state index contributed by atoms with van der Waals surface area (Å²) in [4.78, 5) is 17.7. The van der Waals surface area contributed by atoms with Gasteiger partial charge >= 0.3 is 0 Å². The summed E-state index contributed by atoms with van der Waals surface area (Å²) >= 11 is 0. The van der Waals surface area contributed by atoms with Gasteiger partial charge in [0.2, 0.25) is 0 Å². The van der Waals surface area contributed by atoms with E-state index in [1.54, 1.807) is 0 Å². The summed E-state index contributed by atoms with van der Waals surface area (Å²) in [6.07, 6.45) is 2.12. The van der Waals surface area contributed by atoms with Crippen molar-refractivity contribution in [1.29, 1.82) is 0 Å². The minimum Gasteiger partial charge on any atom is -0.369 e. The molecular weight excluding hydrogens is 406 g/mol. The Morgan fingerprint density at radius 3 is 2.18 bits per heavy atom. The van der Waals surface area contributed by atoms with Gasteiger partial charge in [-0.15, -0.1) is 0 Å². The number of benzene rings is 3. The number of hydrogen-bond acceptors (Lipinski definition) is 3. The topological polar surface area (TPSA) is 35.6 Å². The third kappa shape index (κ3) is 4.40. The maximum absolute atomic E-state index is 12.6. The van der Waals surface area contributed by atoms with Crippen LogP contribution >= 0.6 is 0 Å². The number of carbonyl (C=O) groups is 1. The molecule has 1 saturated heterocycles. The molecule has 33 heavy (non-hydrogen) atoms. The van der Waals surface area contributed by atoms with Crippen molar-refractivity contribution in [3.8, 4) is 0 Å². The van der Waals surface area contributed by atoms with Crippen molar-refractivity contribution in [2.45, 2.75) is 26.7 Å². The van der Waals surface area contributed by atoms with E-state index in [1.807, 2.05) is 12.1 Å². The van der Waals surface area contributed by atoms with E-state index in [1.165, 1.54) is 37.7 Å². The standard InChI is InChI=1S/C29H33N3O/c1-21-8-7-9-22(2)28(21)32-18-16-31(17-19-32)15-6-5-14-30-29(33)23-12-13-26-24-10-3-4-11-25(24)27(26)20-23/h3-4,7-13,20H,5-6,14-19H2,1-2H3,(H,30,33). The van der Waals surface area contributed by atoms with E-state index in [9.17, 15) is 4.79 Å². The van der Waals surface area contributed by atoms with E-state index < -0.39 is 0 Å². The van der Waals surface area contributed by atoms with Crippen molar-refractivity contribution in [2.75, 3.05) is 44.2 Å². The van der Waals surface area contributed by atoms with Crippen LogP contribution in [0.5, 0.6) is 0 Å². The molecule has 1 N–H and O–H groups in total. The number of para-hydroxylation sites is 1. The first kappa shape index (κ1) is 21.7. The largest absolute Gasteiger partial charge is 0.369 e. The number of aryl methyl sites for hydroxylation is 2. The van der Waals surface area contributed by atoms with E-state index >= 15 is 0 Å². The number of anilines is 1. The van der Waals surface area contributed by atoms with Crippen molar-refractivity contribution in [3.63, 3.8) is 0 Å². The minimum absolute atomic E-state index is 0.0318. The van der Waals surface area contributed by atoms with Gasteiger partial charge in [0.1, 0.15) is 0 Å². The fraction of sp³-hybridized carbons (Fsp3) is 0.345. The van der Waals surface area contributed by atoms with Gasteiger partial charge in [-0.25, -0.2) is 0 Å². The lowest BCUT2D eigenvalue weighted by molar-refractivity contribution is 0.0952. The molecule has 5 rings (SSSR count). The molecule has 0 radical (unpaired) electrons. The quantitative estimate of drug-likeness (QED) is 0.430. The second kappa shape index (κ2) is 9.40. The smallest absolute Gasteiger partial charge is 0.251 e. The van der Waals surface area contributed by atoms with Gasteiger partial charge in [0.25, 0.3) is 5.91 Å². The van der Waals surface area contributed by atoms with Crippen molar-refractivity contribution >= 4 is 11.6 Å². The number of nitrogens with one attached hydrogen (secondary N) is 1. The molecule has 1 aliphatic carbocycles. The molecule has 3 aromatic rings. The van der Waals surface area contributed by atoms with Gasteiger partial charge in [0.05, 0.1) is 0 Å².